The number of nitrogens with zero attached hydrogens (tertiary/aromatic N) is 1. The molecule has 1 unspecified atom stereocenters. The number of benzene rings is 2. The summed E-state index contributed by atoms with van der Waals surface area (Å²) in [6.45, 7) is 0. The highest BCUT2D eigenvalue weighted by Crippen LogP contribution is 2.23. The Morgan fingerprint density at radius 3 is 2.41 bits per heavy atom. The molecule has 0 radical (unpaired) electrons. The first-order valence-electron chi connectivity index (χ1n) is 7.21. The summed E-state index contributed by atoms with van der Waals surface area (Å²) in [5.74, 6) is -0.277. The van der Waals surface area contributed by atoms with Gasteiger partial charge in [0, 0.05) is 6.42 Å². The third-order valence-electron chi connectivity index (χ3n) is 3.68. The van der Waals surface area contributed by atoms with E-state index in [1.807, 2.05) is 30.3 Å². The first-order chi connectivity index (χ1) is 10.8. The van der Waals surface area contributed by atoms with E-state index in [2.05, 4.69) is 34.2 Å². The first kappa shape index (κ1) is 14.3. The van der Waals surface area contributed by atoms with E-state index < -0.39 is 0 Å². The van der Waals surface area contributed by atoms with Crippen LogP contribution in [0.1, 0.15) is 18.4 Å². The zero-order valence-corrected chi connectivity index (χ0v) is 12.4. The summed E-state index contributed by atoms with van der Waals surface area (Å²) in [7, 11) is 1.38. The Hall–Kier alpha value is -2.62. The maximum atomic E-state index is 11.3. The number of carbonyl (C=O) groups is 1. The molecule has 0 N–H and O–H groups in total. The SMILES string of the molecule is COC(=O)CC1CC(c2ccc(-c3ccccc3)cc2)=NO1. The molecule has 3 rings (SSSR count). The van der Waals surface area contributed by atoms with Crippen LogP contribution in [0, 0.1) is 0 Å². The summed E-state index contributed by atoms with van der Waals surface area (Å²) in [6.07, 6.45) is 0.627. The summed E-state index contributed by atoms with van der Waals surface area (Å²) >= 11 is 0. The Morgan fingerprint density at radius 1 is 1.09 bits per heavy atom. The van der Waals surface area contributed by atoms with Crippen molar-refractivity contribution in [2.45, 2.75) is 18.9 Å². The van der Waals surface area contributed by atoms with Crippen LogP contribution in [-0.2, 0) is 14.4 Å². The molecule has 4 nitrogen and oxygen atoms in total. The molecule has 0 spiro atoms. The summed E-state index contributed by atoms with van der Waals surface area (Å²) in [5.41, 5.74) is 4.23. The molecule has 22 heavy (non-hydrogen) atoms. The lowest BCUT2D eigenvalue weighted by Gasteiger charge is -2.06. The summed E-state index contributed by atoms with van der Waals surface area (Å²) < 4.78 is 4.65. The van der Waals surface area contributed by atoms with Crippen LogP contribution in [-0.4, -0.2) is 24.9 Å². The number of rotatable bonds is 4. The molecule has 1 heterocycles. The van der Waals surface area contributed by atoms with E-state index in [4.69, 9.17) is 4.84 Å². The van der Waals surface area contributed by atoms with Crippen molar-refractivity contribution in [2.24, 2.45) is 5.16 Å². The number of methoxy groups -OCH3 is 1. The Labute approximate surface area is 129 Å². The molecule has 0 saturated carbocycles. The third kappa shape index (κ3) is 3.17. The quantitative estimate of drug-likeness (QED) is 0.812. The Balaban J connectivity index is 1.68. The monoisotopic (exact) mass is 295 g/mol. The summed E-state index contributed by atoms with van der Waals surface area (Å²) in [6, 6.07) is 18.4. The molecule has 2 aromatic carbocycles. The third-order valence-corrected chi connectivity index (χ3v) is 3.68. The second kappa shape index (κ2) is 6.43. The lowest BCUT2D eigenvalue weighted by atomic mass is 9.99. The zero-order chi connectivity index (χ0) is 15.4. The molecule has 0 aliphatic carbocycles. The second-order valence-electron chi connectivity index (χ2n) is 5.19. The molecular formula is C18H17NO3. The minimum absolute atomic E-state index is 0.226. The van der Waals surface area contributed by atoms with Crippen molar-refractivity contribution in [3.63, 3.8) is 0 Å². The molecule has 0 aromatic heterocycles. The van der Waals surface area contributed by atoms with Crippen LogP contribution in [0.4, 0.5) is 0 Å². The van der Waals surface area contributed by atoms with E-state index in [-0.39, 0.29) is 18.5 Å². The lowest BCUT2D eigenvalue weighted by molar-refractivity contribution is -0.143. The van der Waals surface area contributed by atoms with Gasteiger partial charge in [0.05, 0.1) is 19.2 Å². The highest BCUT2D eigenvalue weighted by atomic mass is 16.6. The number of ether oxygens (including phenoxy) is 1. The predicted octanol–water partition coefficient (Wildman–Crippen LogP) is 3.41. The first-order valence-corrected chi connectivity index (χ1v) is 7.21. The Bertz CT molecular complexity index is 677. The fourth-order valence-corrected chi connectivity index (χ4v) is 2.46. The number of hydrogen-bond acceptors (Lipinski definition) is 4. The average Bonchev–Trinajstić information content (AvgIpc) is 3.04. The number of oxime groups is 1. The van der Waals surface area contributed by atoms with Crippen LogP contribution in [0.25, 0.3) is 11.1 Å². The van der Waals surface area contributed by atoms with Crippen LogP contribution in [0.15, 0.2) is 59.8 Å². The second-order valence-corrected chi connectivity index (χ2v) is 5.19. The number of carbonyl (C=O) groups excluding carboxylic acids is 1. The lowest BCUT2D eigenvalue weighted by Crippen LogP contribution is -2.15. The van der Waals surface area contributed by atoms with Crippen molar-refractivity contribution in [1.29, 1.82) is 0 Å². The van der Waals surface area contributed by atoms with Crippen LogP contribution in [0.3, 0.4) is 0 Å². The molecule has 1 atom stereocenters. The molecular weight excluding hydrogens is 278 g/mol. The molecule has 1 aliphatic heterocycles. The fraction of sp³-hybridized carbons (Fsp3) is 0.222. The molecule has 2 aromatic rings. The Morgan fingerprint density at radius 2 is 1.73 bits per heavy atom. The van der Waals surface area contributed by atoms with Crippen molar-refractivity contribution < 1.29 is 14.4 Å². The van der Waals surface area contributed by atoms with Gasteiger partial charge in [-0.05, 0) is 16.7 Å². The average molecular weight is 295 g/mol. The molecule has 1 aliphatic rings. The van der Waals surface area contributed by atoms with Crippen molar-refractivity contribution >= 4 is 11.7 Å². The zero-order valence-electron chi connectivity index (χ0n) is 12.4. The molecule has 0 fully saturated rings. The van der Waals surface area contributed by atoms with Crippen molar-refractivity contribution in [3.8, 4) is 11.1 Å². The number of esters is 1. The van der Waals surface area contributed by atoms with Gasteiger partial charge in [0.2, 0.25) is 0 Å². The van der Waals surface area contributed by atoms with Gasteiger partial charge in [-0.15, -0.1) is 0 Å². The van der Waals surface area contributed by atoms with E-state index in [0.29, 0.717) is 6.42 Å². The normalized spacial score (nSPS) is 16.8. The van der Waals surface area contributed by atoms with Gasteiger partial charge in [-0.1, -0.05) is 59.8 Å². The van der Waals surface area contributed by atoms with Gasteiger partial charge in [0.1, 0.15) is 6.10 Å². The topological polar surface area (TPSA) is 47.9 Å². The molecule has 112 valence electrons. The van der Waals surface area contributed by atoms with Gasteiger partial charge < -0.3 is 9.57 Å². The smallest absolute Gasteiger partial charge is 0.309 e. The van der Waals surface area contributed by atoms with Crippen molar-refractivity contribution in [1.82, 2.24) is 0 Å². The standard InChI is InChI=1S/C18H17NO3/c1-21-18(20)12-16-11-17(19-22-16)15-9-7-14(8-10-15)13-5-3-2-4-6-13/h2-10,16H,11-12H2,1H3. The van der Waals surface area contributed by atoms with Gasteiger partial charge in [0.15, 0.2) is 0 Å². The van der Waals surface area contributed by atoms with E-state index in [9.17, 15) is 4.79 Å². The van der Waals surface area contributed by atoms with Gasteiger partial charge >= 0.3 is 5.97 Å². The molecule has 0 saturated heterocycles. The van der Waals surface area contributed by atoms with Crippen LogP contribution in [0.2, 0.25) is 0 Å². The predicted molar refractivity (Wildman–Crippen MR) is 84.5 cm³/mol. The molecule has 0 amide bonds. The van der Waals surface area contributed by atoms with E-state index in [0.717, 1.165) is 16.8 Å². The molecule has 4 heteroatoms. The number of hydrogen-bond donors (Lipinski definition) is 0. The maximum Gasteiger partial charge on any atom is 0.309 e. The largest absolute Gasteiger partial charge is 0.469 e. The highest BCUT2D eigenvalue weighted by molar-refractivity contribution is 6.01. The van der Waals surface area contributed by atoms with Crippen molar-refractivity contribution in [2.75, 3.05) is 7.11 Å². The van der Waals surface area contributed by atoms with Crippen LogP contribution < -0.4 is 0 Å². The van der Waals surface area contributed by atoms with Gasteiger partial charge in [-0.25, -0.2) is 0 Å². The summed E-state index contributed by atoms with van der Waals surface area (Å²) in [5, 5.41) is 4.09. The minimum Gasteiger partial charge on any atom is -0.469 e. The highest BCUT2D eigenvalue weighted by Gasteiger charge is 2.25. The van der Waals surface area contributed by atoms with E-state index >= 15 is 0 Å². The Kier molecular flexibility index (Phi) is 4.19. The van der Waals surface area contributed by atoms with E-state index in [1.54, 1.807) is 0 Å². The van der Waals surface area contributed by atoms with Gasteiger partial charge in [-0.3, -0.25) is 4.79 Å². The van der Waals surface area contributed by atoms with Crippen LogP contribution in [0.5, 0.6) is 0 Å². The van der Waals surface area contributed by atoms with Crippen molar-refractivity contribution in [3.05, 3.63) is 60.2 Å². The minimum atomic E-state index is -0.277. The van der Waals surface area contributed by atoms with Gasteiger partial charge in [0.25, 0.3) is 0 Å². The fourth-order valence-electron chi connectivity index (χ4n) is 2.46. The maximum absolute atomic E-state index is 11.3. The molecule has 0 bridgehead atoms. The van der Waals surface area contributed by atoms with Crippen LogP contribution >= 0.6 is 0 Å². The van der Waals surface area contributed by atoms with Gasteiger partial charge in [-0.2, -0.15) is 0 Å². The van der Waals surface area contributed by atoms with E-state index in [1.165, 1.54) is 12.7 Å². The summed E-state index contributed by atoms with van der Waals surface area (Å²) in [4.78, 5) is 16.6.